The summed E-state index contributed by atoms with van der Waals surface area (Å²) < 4.78 is 29.2. The van der Waals surface area contributed by atoms with E-state index in [-0.39, 0.29) is 18.1 Å². The summed E-state index contributed by atoms with van der Waals surface area (Å²) in [5, 5.41) is 12.1. The van der Waals surface area contributed by atoms with Crippen molar-refractivity contribution in [1.82, 2.24) is 0 Å². The van der Waals surface area contributed by atoms with Crippen LogP contribution in [0, 0.1) is 0 Å². The number of ether oxygens (including phenoxy) is 1. The van der Waals surface area contributed by atoms with E-state index < -0.39 is 18.0 Å². The van der Waals surface area contributed by atoms with Crippen molar-refractivity contribution in [3.63, 3.8) is 0 Å². The fraction of sp³-hybridized carbons (Fsp3) is 0.167. The number of carbonyl (C=O) groups excluding carboxylic acids is 2. The molecule has 0 aromatic heterocycles. The van der Waals surface area contributed by atoms with Crippen LogP contribution in [0.3, 0.4) is 0 Å². The molecule has 2 rings (SSSR count). The molecule has 1 aromatic rings. The number of aliphatic hydroxyl groups excluding tert-OH is 1. The maximum atomic E-state index is 12.0. The average molecular weight is 269 g/mol. The molecule has 0 saturated heterocycles. The quantitative estimate of drug-likeness (QED) is 0.647. The van der Waals surface area contributed by atoms with Crippen molar-refractivity contribution >= 4 is 23.1 Å². The number of ketones is 1. The minimum atomic E-state index is -3.18. The third-order valence-electron chi connectivity index (χ3n) is 2.40. The monoisotopic (exact) mass is 269 g/mol. The highest BCUT2D eigenvalue weighted by molar-refractivity contribution is 5.99. The lowest BCUT2D eigenvalue weighted by Crippen LogP contribution is -2.25. The number of hydrogen-bond donors (Lipinski definition) is 2. The fourth-order valence-corrected chi connectivity index (χ4v) is 1.52. The van der Waals surface area contributed by atoms with Crippen LogP contribution in [0.15, 0.2) is 24.3 Å². The van der Waals surface area contributed by atoms with E-state index in [1.807, 2.05) is 0 Å². The van der Waals surface area contributed by atoms with E-state index in [0.717, 1.165) is 0 Å². The molecule has 0 saturated carbocycles. The molecule has 0 radical (unpaired) electrons. The van der Waals surface area contributed by atoms with Crippen LogP contribution in [-0.2, 0) is 9.59 Å². The van der Waals surface area contributed by atoms with Gasteiger partial charge in [-0.2, -0.15) is 0 Å². The Balaban J connectivity index is 2.29. The van der Waals surface area contributed by atoms with Gasteiger partial charge in [0.1, 0.15) is 11.5 Å². The molecular formula is C12H9F2NO4. The van der Waals surface area contributed by atoms with E-state index in [4.69, 9.17) is 4.74 Å². The SMILES string of the molecule is O=C1COc2ccc(C(O)=CC(=O)C(F)F)cc2N1. The molecule has 7 heteroatoms. The lowest BCUT2D eigenvalue weighted by molar-refractivity contribution is -0.124. The molecule has 1 amide bonds. The van der Waals surface area contributed by atoms with Crippen molar-refractivity contribution in [3.8, 4) is 5.75 Å². The lowest BCUT2D eigenvalue weighted by atomic mass is 10.1. The number of carbonyl (C=O) groups is 2. The van der Waals surface area contributed by atoms with E-state index in [1.54, 1.807) is 0 Å². The second-order valence-corrected chi connectivity index (χ2v) is 3.78. The maximum Gasteiger partial charge on any atom is 0.300 e. The lowest BCUT2D eigenvalue weighted by Gasteiger charge is -2.18. The van der Waals surface area contributed by atoms with Crippen LogP contribution in [0.5, 0.6) is 5.75 Å². The summed E-state index contributed by atoms with van der Waals surface area (Å²) in [5.41, 5.74) is 0.428. The molecule has 1 aliphatic heterocycles. The van der Waals surface area contributed by atoms with Gasteiger partial charge in [0.15, 0.2) is 6.61 Å². The Kier molecular flexibility index (Phi) is 3.46. The van der Waals surface area contributed by atoms with Gasteiger partial charge in [0.2, 0.25) is 5.78 Å². The van der Waals surface area contributed by atoms with Gasteiger partial charge in [0.05, 0.1) is 5.69 Å². The second kappa shape index (κ2) is 5.05. The Labute approximate surface area is 106 Å². The third-order valence-corrected chi connectivity index (χ3v) is 2.40. The number of halogens is 2. The smallest absolute Gasteiger partial charge is 0.300 e. The molecule has 0 spiro atoms. The number of fused-ring (bicyclic) bond motifs is 1. The van der Waals surface area contributed by atoms with Gasteiger partial charge < -0.3 is 15.2 Å². The van der Waals surface area contributed by atoms with Crippen molar-refractivity contribution in [2.45, 2.75) is 6.43 Å². The molecule has 1 aliphatic rings. The summed E-state index contributed by atoms with van der Waals surface area (Å²) >= 11 is 0. The summed E-state index contributed by atoms with van der Waals surface area (Å²) in [4.78, 5) is 21.9. The normalized spacial score (nSPS) is 14.7. The molecule has 0 unspecified atom stereocenters. The van der Waals surface area contributed by atoms with Gasteiger partial charge in [-0.25, -0.2) is 8.78 Å². The Bertz CT molecular complexity index is 569. The number of aliphatic hydroxyl groups is 1. The summed E-state index contributed by atoms with van der Waals surface area (Å²) in [6.07, 6.45) is -2.74. The first-order valence-corrected chi connectivity index (χ1v) is 5.27. The molecule has 0 bridgehead atoms. The number of benzene rings is 1. The van der Waals surface area contributed by atoms with Gasteiger partial charge in [-0.05, 0) is 18.2 Å². The van der Waals surface area contributed by atoms with Crippen molar-refractivity contribution in [3.05, 3.63) is 29.8 Å². The zero-order chi connectivity index (χ0) is 14.0. The standard InChI is InChI=1S/C12H9F2NO4/c13-12(14)9(17)4-8(16)6-1-2-10-7(3-6)15-11(18)5-19-10/h1-4,12,16H,5H2,(H,15,18). The maximum absolute atomic E-state index is 12.0. The van der Waals surface area contributed by atoms with E-state index in [1.165, 1.54) is 18.2 Å². The number of nitrogens with one attached hydrogen (secondary N) is 1. The number of amides is 1. The first kappa shape index (κ1) is 13.0. The number of allylic oxidation sites excluding steroid dienone is 1. The van der Waals surface area contributed by atoms with Crippen molar-refractivity contribution in [1.29, 1.82) is 0 Å². The fourth-order valence-electron chi connectivity index (χ4n) is 1.52. The number of anilines is 1. The van der Waals surface area contributed by atoms with E-state index in [2.05, 4.69) is 5.32 Å². The van der Waals surface area contributed by atoms with Crippen LogP contribution >= 0.6 is 0 Å². The second-order valence-electron chi connectivity index (χ2n) is 3.78. The predicted octanol–water partition coefficient (Wildman–Crippen LogP) is 1.75. The first-order chi connectivity index (χ1) is 8.97. The molecule has 5 nitrogen and oxygen atoms in total. The molecule has 100 valence electrons. The predicted molar refractivity (Wildman–Crippen MR) is 62.2 cm³/mol. The molecule has 0 aliphatic carbocycles. The summed E-state index contributed by atoms with van der Waals surface area (Å²) in [7, 11) is 0. The minimum Gasteiger partial charge on any atom is -0.507 e. The molecule has 2 N–H and O–H groups in total. The van der Waals surface area contributed by atoms with Crippen LogP contribution in [0.25, 0.3) is 5.76 Å². The topological polar surface area (TPSA) is 75.6 Å². The number of rotatable bonds is 3. The van der Waals surface area contributed by atoms with Gasteiger partial charge in [-0.1, -0.05) is 0 Å². The Morgan fingerprint density at radius 1 is 1.47 bits per heavy atom. The van der Waals surface area contributed by atoms with E-state index in [0.29, 0.717) is 17.5 Å². The van der Waals surface area contributed by atoms with Gasteiger partial charge in [0.25, 0.3) is 12.3 Å². The summed E-state index contributed by atoms with van der Waals surface area (Å²) in [6, 6.07) is 4.18. The highest BCUT2D eigenvalue weighted by atomic mass is 19.3. The number of hydrogen-bond acceptors (Lipinski definition) is 4. The van der Waals surface area contributed by atoms with Crippen LogP contribution in [-0.4, -0.2) is 29.8 Å². The summed E-state index contributed by atoms with van der Waals surface area (Å²) in [6.45, 7) is -0.113. The Morgan fingerprint density at radius 3 is 2.89 bits per heavy atom. The molecule has 0 fully saturated rings. The van der Waals surface area contributed by atoms with Crippen LogP contribution in [0.1, 0.15) is 5.56 Å². The van der Waals surface area contributed by atoms with E-state index in [9.17, 15) is 23.5 Å². The van der Waals surface area contributed by atoms with Gasteiger partial charge in [-0.15, -0.1) is 0 Å². The zero-order valence-electron chi connectivity index (χ0n) is 9.52. The zero-order valence-corrected chi connectivity index (χ0v) is 9.52. The highest BCUT2D eigenvalue weighted by Crippen LogP contribution is 2.30. The van der Waals surface area contributed by atoms with Crippen LogP contribution in [0.2, 0.25) is 0 Å². The molecule has 1 heterocycles. The molecular weight excluding hydrogens is 260 g/mol. The van der Waals surface area contributed by atoms with Crippen molar-refractivity contribution < 1.29 is 28.2 Å². The number of alkyl halides is 2. The summed E-state index contributed by atoms with van der Waals surface area (Å²) in [5.74, 6) is -2.06. The van der Waals surface area contributed by atoms with Crippen molar-refractivity contribution in [2.24, 2.45) is 0 Å². The van der Waals surface area contributed by atoms with E-state index >= 15 is 0 Å². The first-order valence-electron chi connectivity index (χ1n) is 5.27. The van der Waals surface area contributed by atoms with Gasteiger partial charge in [0, 0.05) is 11.6 Å². The third kappa shape index (κ3) is 2.87. The van der Waals surface area contributed by atoms with Gasteiger partial charge >= 0.3 is 0 Å². The van der Waals surface area contributed by atoms with Crippen LogP contribution in [0.4, 0.5) is 14.5 Å². The highest BCUT2D eigenvalue weighted by Gasteiger charge is 2.18. The minimum absolute atomic E-state index is 0.113. The van der Waals surface area contributed by atoms with Gasteiger partial charge in [-0.3, -0.25) is 9.59 Å². The van der Waals surface area contributed by atoms with Crippen LogP contribution < -0.4 is 10.1 Å². The molecule has 0 atom stereocenters. The largest absolute Gasteiger partial charge is 0.507 e. The average Bonchev–Trinajstić information content (AvgIpc) is 2.37. The molecule has 1 aromatic carbocycles. The Hall–Kier alpha value is -2.44. The Morgan fingerprint density at radius 2 is 2.21 bits per heavy atom. The molecule has 19 heavy (non-hydrogen) atoms. The van der Waals surface area contributed by atoms with Crippen molar-refractivity contribution in [2.75, 3.05) is 11.9 Å².